The van der Waals surface area contributed by atoms with Gasteiger partial charge in [-0.25, -0.2) is 0 Å². The van der Waals surface area contributed by atoms with E-state index in [2.05, 4.69) is 12.2 Å². The van der Waals surface area contributed by atoms with Crippen molar-refractivity contribution in [2.24, 2.45) is 5.92 Å². The lowest BCUT2D eigenvalue weighted by atomic mass is 9.89. The van der Waals surface area contributed by atoms with Crippen molar-refractivity contribution in [1.29, 1.82) is 0 Å². The van der Waals surface area contributed by atoms with Crippen molar-refractivity contribution in [2.75, 3.05) is 13.1 Å². The first kappa shape index (κ1) is 16.4. The van der Waals surface area contributed by atoms with E-state index >= 15 is 0 Å². The van der Waals surface area contributed by atoms with Gasteiger partial charge in [0.2, 0.25) is 0 Å². The molecule has 1 aliphatic carbocycles. The van der Waals surface area contributed by atoms with E-state index in [4.69, 9.17) is 0 Å². The van der Waals surface area contributed by atoms with E-state index in [1.54, 1.807) is 0 Å². The smallest absolute Gasteiger partial charge is 0.00206 e. The molecule has 0 unspecified atom stereocenters. The lowest BCUT2D eigenvalue weighted by molar-refractivity contribution is 0.345. The predicted octanol–water partition coefficient (Wildman–Crippen LogP) is 4.23. The van der Waals surface area contributed by atoms with Crippen LogP contribution in [-0.2, 0) is 0 Å². The first-order chi connectivity index (χ1) is 6.93. The van der Waals surface area contributed by atoms with Crippen molar-refractivity contribution in [3.63, 3.8) is 0 Å². The van der Waals surface area contributed by atoms with Gasteiger partial charge in [-0.15, -0.1) is 0 Å². The van der Waals surface area contributed by atoms with Gasteiger partial charge in [-0.2, -0.15) is 0 Å². The summed E-state index contributed by atoms with van der Waals surface area (Å²) in [5.41, 5.74) is 0. The molecule has 0 bridgehead atoms. The number of rotatable bonds is 3. The van der Waals surface area contributed by atoms with Crippen LogP contribution in [0.25, 0.3) is 0 Å². The summed E-state index contributed by atoms with van der Waals surface area (Å²) in [6.45, 7) is 12.6. The minimum Gasteiger partial charge on any atom is -0.317 e. The molecular formula is C13H31N. The average molecular weight is 201 g/mol. The normalized spacial score (nSPS) is 16.1. The third-order valence-electron chi connectivity index (χ3n) is 2.41. The van der Waals surface area contributed by atoms with Crippen LogP contribution in [-0.4, -0.2) is 13.1 Å². The van der Waals surface area contributed by atoms with Crippen molar-refractivity contribution in [1.82, 2.24) is 5.32 Å². The van der Waals surface area contributed by atoms with E-state index in [1.807, 2.05) is 27.7 Å². The molecule has 0 atom stereocenters. The molecule has 1 N–H and O–H groups in total. The highest BCUT2D eigenvalue weighted by atomic mass is 14.8. The monoisotopic (exact) mass is 201 g/mol. The predicted molar refractivity (Wildman–Crippen MR) is 67.8 cm³/mol. The molecule has 14 heavy (non-hydrogen) atoms. The Balaban J connectivity index is 0. The third-order valence-corrected chi connectivity index (χ3v) is 2.41. The molecule has 0 saturated heterocycles. The molecule has 0 amide bonds. The van der Waals surface area contributed by atoms with E-state index in [-0.39, 0.29) is 0 Å². The van der Waals surface area contributed by atoms with Gasteiger partial charge in [0.25, 0.3) is 0 Å². The maximum Gasteiger partial charge on any atom is -0.00206 e. The molecule has 0 aromatic rings. The molecule has 0 heterocycles. The fraction of sp³-hybridized carbons (Fsp3) is 1.00. The quantitative estimate of drug-likeness (QED) is 0.720. The summed E-state index contributed by atoms with van der Waals surface area (Å²) >= 11 is 0. The van der Waals surface area contributed by atoms with Crippen LogP contribution in [0.5, 0.6) is 0 Å². The van der Waals surface area contributed by atoms with Crippen LogP contribution < -0.4 is 5.32 Å². The van der Waals surface area contributed by atoms with Gasteiger partial charge in [0.1, 0.15) is 0 Å². The van der Waals surface area contributed by atoms with Crippen molar-refractivity contribution < 1.29 is 0 Å². The molecule has 0 aliphatic heterocycles. The molecule has 88 valence electrons. The summed E-state index contributed by atoms with van der Waals surface area (Å²) in [5.74, 6) is 0.994. The van der Waals surface area contributed by atoms with E-state index in [1.165, 1.54) is 38.6 Å². The summed E-state index contributed by atoms with van der Waals surface area (Å²) in [5, 5.41) is 3.42. The van der Waals surface area contributed by atoms with Gasteiger partial charge in [0.05, 0.1) is 0 Å². The fourth-order valence-electron chi connectivity index (χ4n) is 1.74. The first-order valence-corrected chi connectivity index (χ1v) is 6.64. The summed E-state index contributed by atoms with van der Waals surface area (Å²) in [6.07, 6.45) is 7.34. The van der Waals surface area contributed by atoms with Gasteiger partial charge in [-0.3, -0.25) is 0 Å². The van der Waals surface area contributed by atoms with E-state index < -0.39 is 0 Å². The molecule has 0 aromatic carbocycles. The molecule has 1 heteroatoms. The van der Waals surface area contributed by atoms with Crippen LogP contribution in [0.2, 0.25) is 0 Å². The Bertz CT molecular complexity index is 75.3. The second-order valence-electron chi connectivity index (χ2n) is 3.31. The Morgan fingerprint density at radius 2 is 1.43 bits per heavy atom. The van der Waals surface area contributed by atoms with Gasteiger partial charge >= 0.3 is 0 Å². The molecule has 0 spiro atoms. The largest absolute Gasteiger partial charge is 0.317 e. The van der Waals surface area contributed by atoms with Crippen LogP contribution in [0.1, 0.15) is 66.7 Å². The average Bonchev–Trinajstić information content (AvgIpc) is 2.33. The molecule has 1 aliphatic rings. The Morgan fingerprint density at radius 1 is 0.929 bits per heavy atom. The number of hydrogen-bond donors (Lipinski definition) is 1. The number of nitrogens with one attached hydrogen (secondary N) is 1. The second-order valence-corrected chi connectivity index (χ2v) is 3.31. The summed E-state index contributed by atoms with van der Waals surface area (Å²) < 4.78 is 0. The summed E-state index contributed by atoms with van der Waals surface area (Å²) in [7, 11) is 0. The highest BCUT2D eigenvalue weighted by Gasteiger charge is 2.11. The maximum absolute atomic E-state index is 3.42. The minimum absolute atomic E-state index is 0.994. The molecule has 0 radical (unpaired) electrons. The van der Waals surface area contributed by atoms with Gasteiger partial charge in [-0.1, -0.05) is 53.9 Å². The zero-order valence-electron chi connectivity index (χ0n) is 11.0. The Labute approximate surface area is 91.7 Å². The lowest BCUT2D eigenvalue weighted by Gasteiger charge is -2.21. The van der Waals surface area contributed by atoms with Crippen molar-refractivity contribution in [3.05, 3.63) is 0 Å². The maximum atomic E-state index is 3.42. The highest BCUT2D eigenvalue weighted by Crippen LogP contribution is 2.22. The molecule has 0 aromatic heterocycles. The summed E-state index contributed by atoms with van der Waals surface area (Å²) in [4.78, 5) is 0. The van der Waals surface area contributed by atoms with Crippen LogP contribution in [0.15, 0.2) is 0 Å². The standard InChI is InChI=1S/C9H19N.2C2H6/c1-2-10-8-9-6-4-3-5-7-9;2*1-2/h9-10H,2-8H2,1H3;2*1-2H3. The number of hydrogen-bond acceptors (Lipinski definition) is 1. The van der Waals surface area contributed by atoms with Gasteiger partial charge in [0.15, 0.2) is 0 Å². The molecule has 1 saturated carbocycles. The van der Waals surface area contributed by atoms with Gasteiger partial charge in [-0.05, 0) is 31.8 Å². The highest BCUT2D eigenvalue weighted by molar-refractivity contribution is 4.67. The Kier molecular flexibility index (Phi) is 18.1. The van der Waals surface area contributed by atoms with E-state index in [9.17, 15) is 0 Å². The van der Waals surface area contributed by atoms with E-state index in [0.29, 0.717) is 0 Å². The van der Waals surface area contributed by atoms with Crippen molar-refractivity contribution in [3.8, 4) is 0 Å². The Morgan fingerprint density at radius 3 is 1.86 bits per heavy atom. The summed E-state index contributed by atoms with van der Waals surface area (Å²) in [6, 6.07) is 0. The molecular weight excluding hydrogens is 170 g/mol. The van der Waals surface area contributed by atoms with Crippen LogP contribution in [0, 0.1) is 5.92 Å². The van der Waals surface area contributed by atoms with Crippen molar-refractivity contribution >= 4 is 0 Å². The van der Waals surface area contributed by atoms with Crippen LogP contribution in [0.3, 0.4) is 0 Å². The van der Waals surface area contributed by atoms with Gasteiger partial charge < -0.3 is 5.32 Å². The molecule has 1 nitrogen and oxygen atoms in total. The second kappa shape index (κ2) is 15.4. The minimum atomic E-state index is 0.994. The zero-order valence-corrected chi connectivity index (χ0v) is 11.0. The lowest BCUT2D eigenvalue weighted by Crippen LogP contribution is -2.23. The Hall–Kier alpha value is -0.0400. The van der Waals surface area contributed by atoms with Crippen LogP contribution >= 0.6 is 0 Å². The molecule has 1 rings (SSSR count). The van der Waals surface area contributed by atoms with Gasteiger partial charge in [0, 0.05) is 0 Å². The molecule has 1 fully saturated rings. The first-order valence-electron chi connectivity index (χ1n) is 6.64. The fourth-order valence-corrected chi connectivity index (χ4v) is 1.74. The SMILES string of the molecule is CC.CC.CCNCC1CCCCC1. The van der Waals surface area contributed by atoms with Crippen molar-refractivity contribution in [2.45, 2.75) is 66.7 Å². The van der Waals surface area contributed by atoms with E-state index in [0.717, 1.165) is 12.5 Å². The van der Waals surface area contributed by atoms with Crippen LogP contribution in [0.4, 0.5) is 0 Å². The topological polar surface area (TPSA) is 12.0 Å². The zero-order chi connectivity index (χ0) is 11.2. The third kappa shape index (κ3) is 10.0.